The summed E-state index contributed by atoms with van der Waals surface area (Å²) in [5.74, 6) is 3.70. The fraction of sp³-hybridized carbons (Fsp3) is 0.727. The maximum Gasteiger partial charge on any atom is 0.236 e. The smallest absolute Gasteiger partial charge is 0.211 e. The van der Waals surface area contributed by atoms with Gasteiger partial charge in [-0.05, 0) is 17.9 Å². The molecule has 110 valence electrons. The highest BCUT2D eigenvalue weighted by Crippen LogP contribution is 2.18. The Labute approximate surface area is 130 Å². The first-order chi connectivity index (χ1) is 9.85. The molecule has 0 bridgehead atoms. The van der Waals surface area contributed by atoms with Gasteiger partial charge in [-0.15, -0.1) is 23.5 Å². The molecule has 1 unspecified atom stereocenters. The molecule has 0 fully saturated rings. The molecule has 0 aliphatic rings. The van der Waals surface area contributed by atoms with Crippen LogP contribution in [0.2, 0.25) is 0 Å². The van der Waals surface area contributed by atoms with Gasteiger partial charge in [0.25, 0.3) is 0 Å². The fourth-order valence-electron chi connectivity index (χ4n) is 1.05. The second kappa shape index (κ2) is 16.2. The summed E-state index contributed by atoms with van der Waals surface area (Å²) in [6.45, 7) is 0.387. The van der Waals surface area contributed by atoms with E-state index in [1.165, 1.54) is 23.9 Å². The lowest BCUT2D eigenvalue weighted by Crippen LogP contribution is -2.05. The van der Waals surface area contributed by atoms with Crippen LogP contribution in [-0.2, 0) is 14.4 Å². The van der Waals surface area contributed by atoms with Crippen LogP contribution in [0.25, 0.3) is 0 Å². The summed E-state index contributed by atoms with van der Waals surface area (Å²) in [4.78, 5) is 40.6. The lowest BCUT2D eigenvalue weighted by Gasteiger charge is -2.08. The highest BCUT2D eigenvalue weighted by molar-refractivity contribution is 8.03. The van der Waals surface area contributed by atoms with Crippen molar-refractivity contribution in [2.24, 2.45) is 15.0 Å². The molecule has 0 aromatic rings. The van der Waals surface area contributed by atoms with Crippen molar-refractivity contribution in [3.05, 3.63) is 0 Å². The van der Waals surface area contributed by atoms with E-state index in [9.17, 15) is 14.4 Å². The molecule has 0 aliphatic heterocycles. The molecule has 0 saturated heterocycles. The van der Waals surface area contributed by atoms with Gasteiger partial charge in [0.2, 0.25) is 18.2 Å². The number of rotatable bonds is 13. The SMILES string of the molecule is O=C=NCCSC(CSCCCSCN=C=O)N=C=O. The predicted octanol–water partition coefficient (Wildman–Crippen LogP) is 1.87. The van der Waals surface area contributed by atoms with E-state index in [1.54, 1.807) is 29.6 Å². The predicted molar refractivity (Wildman–Crippen MR) is 84.7 cm³/mol. The second-order valence-electron chi connectivity index (χ2n) is 3.23. The summed E-state index contributed by atoms with van der Waals surface area (Å²) >= 11 is 4.77. The van der Waals surface area contributed by atoms with Crippen molar-refractivity contribution in [3.63, 3.8) is 0 Å². The number of carbonyl (C=O) groups excluding carboxylic acids is 3. The third-order valence-electron chi connectivity index (χ3n) is 1.83. The number of hydrogen-bond donors (Lipinski definition) is 0. The number of nitrogens with zero attached hydrogens (tertiary/aromatic N) is 3. The van der Waals surface area contributed by atoms with Crippen LogP contribution in [0.3, 0.4) is 0 Å². The summed E-state index contributed by atoms with van der Waals surface area (Å²) in [6, 6.07) is 0. The van der Waals surface area contributed by atoms with Crippen LogP contribution in [0.5, 0.6) is 0 Å². The monoisotopic (exact) mass is 333 g/mol. The van der Waals surface area contributed by atoms with E-state index in [1.807, 2.05) is 0 Å². The Morgan fingerprint density at radius 2 is 1.65 bits per heavy atom. The molecule has 0 heterocycles. The summed E-state index contributed by atoms with van der Waals surface area (Å²) in [5.41, 5.74) is 0. The molecular formula is C11H15N3O3S3. The van der Waals surface area contributed by atoms with E-state index < -0.39 is 0 Å². The van der Waals surface area contributed by atoms with Crippen LogP contribution in [0.1, 0.15) is 6.42 Å². The molecule has 9 heteroatoms. The van der Waals surface area contributed by atoms with Crippen molar-refractivity contribution in [2.45, 2.75) is 11.8 Å². The van der Waals surface area contributed by atoms with Crippen LogP contribution in [0.15, 0.2) is 15.0 Å². The van der Waals surface area contributed by atoms with Gasteiger partial charge in [-0.3, -0.25) is 0 Å². The minimum atomic E-state index is -0.147. The molecule has 0 amide bonds. The number of aliphatic imine (C=N–C) groups is 3. The Hall–Kier alpha value is -0.810. The normalized spacial score (nSPS) is 10.8. The van der Waals surface area contributed by atoms with Crippen molar-refractivity contribution < 1.29 is 14.4 Å². The summed E-state index contributed by atoms with van der Waals surface area (Å²) in [6.07, 6.45) is 5.53. The van der Waals surface area contributed by atoms with Crippen molar-refractivity contribution in [1.29, 1.82) is 0 Å². The Morgan fingerprint density at radius 3 is 2.35 bits per heavy atom. The molecule has 0 aromatic carbocycles. The largest absolute Gasteiger partial charge is 0.236 e. The van der Waals surface area contributed by atoms with Gasteiger partial charge in [-0.25, -0.2) is 19.4 Å². The molecule has 0 aromatic heterocycles. The van der Waals surface area contributed by atoms with Gasteiger partial charge in [0, 0.05) is 11.5 Å². The van der Waals surface area contributed by atoms with Gasteiger partial charge in [0.1, 0.15) is 5.37 Å². The molecule has 0 radical (unpaired) electrons. The number of isocyanates is 3. The van der Waals surface area contributed by atoms with Gasteiger partial charge < -0.3 is 0 Å². The molecule has 6 nitrogen and oxygen atoms in total. The topological polar surface area (TPSA) is 88.3 Å². The number of hydrogen-bond acceptors (Lipinski definition) is 9. The Morgan fingerprint density at radius 1 is 0.900 bits per heavy atom. The molecular weight excluding hydrogens is 318 g/mol. The van der Waals surface area contributed by atoms with Gasteiger partial charge in [-0.1, -0.05) is 0 Å². The van der Waals surface area contributed by atoms with Gasteiger partial charge in [0.15, 0.2) is 0 Å². The molecule has 0 saturated carbocycles. The second-order valence-corrected chi connectivity index (χ2v) is 6.74. The van der Waals surface area contributed by atoms with E-state index >= 15 is 0 Å². The quantitative estimate of drug-likeness (QED) is 0.290. The maximum absolute atomic E-state index is 10.3. The minimum absolute atomic E-state index is 0.147. The molecule has 0 spiro atoms. The minimum Gasteiger partial charge on any atom is -0.211 e. The maximum atomic E-state index is 10.3. The third-order valence-corrected chi connectivity index (χ3v) is 5.14. The molecule has 0 rings (SSSR count). The average Bonchev–Trinajstić information content (AvgIpc) is 2.46. The summed E-state index contributed by atoms with van der Waals surface area (Å²) in [5, 5.41) is -0.147. The first-order valence-corrected chi connectivity index (χ1v) is 9.12. The van der Waals surface area contributed by atoms with E-state index in [0.29, 0.717) is 18.2 Å². The van der Waals surface area contributed by atoms with Crippen LogP contribution >= 0.6 is 35.3 Å². The van der Waals surface area contributed by atoms with E-state index in [-0.39, 0.29) is 5.37 Å². The third kappa shape index (κ3) is 13.6. The van der Waals surface area contributed by atoms with Gasteiger partial charge >= 0.3 is 0 Å². The van der Waals surface area contributed by atoms with E-state index in [2.05, 4.69) is 15.0 Å². The molecule has 0 N–H and O–H groups in total. The molecule has 1 atom stereocenters. The zero-order valence-electron chi connectivity index (χ0n) is 10.8. The Kier molecular flexibility index (Phi) is 15.6. The van der Waals surface area contributed by atoms with Gasteiger partial charge in [0.05, 0.1) is 12.4 Å². The zero-order chi connectivity index (χ0) is 14.9. The Bertz CT molecular complexity index is 390. The van der Waals surface area contributed by atoms with Crippen molar-refractivity contribution in [2.75, 3.05) is 35.4 Å². The zero-order valence-corrected chi connectivity index (χ0v) is 13.3. The highest BCUT2D eigenvalue weighted by atomic mass is 32.2. The van der Waals surface area contributed by atoms with Gasteiger partial charge in [-0.2, -0.15) is 21.7 Å². The van der Waals surface area contributed by atoms with Crippen LogP contribution < -0.4 is 0 Å². The van der Waals surface area contributed by atoms with Crippen LogP contribution in [0.4, 0.5) is 0 Å². The van der Waals surface area contributed by atoms with Crippen molar-refractivity contribution in [3.8, 4) is 0 Å². The van der Waals surface area contributed by atoms with Crippen LogP contribution in [0, 0.1) is 0 Å². The van der Waals surface area contributed by atoms with Crippen LogP contribution in [-0.4, -0.2) is 59.0 Å². The standard InChI is InChI=1S/C11H15N3O3S3/c15-7-12-2-5-20-11(14-9-17)6-18-3-1-4-19-10-13-8-16/h11H,1-6,10H2. The van der Waals surface area contributed by atoms with E-state index in [0.717, 1.165) is 23.7 Å². The lowest BCUT2D eigenvalue weighted by molar-refractivity contribution is 0.562. The Balaban J connectivity index is 3.61. The lowest BCUT2D eigenvalue weighted by atomic mass is 10.6. The highest BCUT2D eigenvalue weighted by Gasteiger charge is 2.07. The van der Waals surface area contributed by atoms with E-state index in [4.69, 9.17) is 0 Å². The molecule has 0 aliphatic carbocycles. The van der Waals surface area contributed by atoms with Crippen molar-refractivity contribution >= 4 is 53.5 Å². The fourth-order valence-corrected chi connectivity index (χ4v) is 3.90. The average molecular weight is 333 g/mol. The summed E-state index contributed by atoms with van der Waals surface area (Å²) < 4.78 is 0. The summed E-state index contributed by atoms with van der Waals surface area (Å²) in [7, 11) is 0. The van der Waals surface area contributed by atoms with Crippen molar-refractivity contribution in [1.82, 2.24) is 0 Å². The first kappa shape index (κ1) is 19.2. The first-order valence-electron chi connectivity index (χ1n) is 5.76. The molecule has 20 heavy (non-hydrogen) atoms. The number of thioether (sulfide) groups is 3.